The quantitative estimate of drug-likeness (QED) is 0.794. The van der Waals surface area contributed by atoms with Crippen molar-refractivity contribution in [2.45, 2.75) is 6.92 Å². The zero-order valence-electron chi connectivity index (χ0n) is 11.1. The summed E-state index contributed by atoms with van der Waals surface area (Å²) in [5, 5.41) is 9.98. The minimum Gasteiger partial charge on any atom is -0.478 e. The van der Waals surface area contributed by atoms with E-state index in [1.54, 1.807) is 43.5 Å². The standard InChI is InChI=1S/C15H11N3O3/c1-9-16-7-6-13(18-9)21-12-8-17-11-5-3-2-4-10(11)14(12)15(19)20/h2-8H,1H3,(H,19,20). The van der Waals surface area contributed by atoms with Crippen molar-refractivity contribution in [3.8, 4) is 11.6 Å². The van der Waals surface area contributed by atoms with Gasteiger partial charge in [0, 0.05) is 17.6 Å². The van der Waals surface area contributed by atoms with Crippen molar-refractivity contribution in [1.82, 2.24) is 15.0 Å². The lowest BCUT2D eigenvalue weighted by molar-refractivity contribution is 0.0696. The number of para-hydroxylation sites is 1. The smallest absolute Gasteiger partial charge is 0.340 e. The summed E-state index contributed by atoms with van der Waals surface area (Å²) in [5.41, 5.74) is 0.665. The van der Waals surface area contributed by atoms with Crippen LogP contribution < -0.4 is 4.74 Å². The molecule has 21 heavy (non-hydrogen) atoms. The second-order valence-electron chi connectivity index (χ2n) is 4.36. The summed E-state index contributed by atoms with van der Waals surface area (Å²) in [6, 6.07) is 8.57. The minimum absolute atomic E-state index is 0.0665. The van der Waals surface area contributed by atoms with E-state index < -0.39 is 5.97 Å². The lowest BCUT2D eigenvalue weighted by Crippen LogP contribution is -2.03. The Labute approximate surface area is 120 Å². The van der Waals surface area contributed by atoms with Gasteiger partial charge in [0.25, 0.3) is 0 Å². The number of carboxylic acid groups (broad SMARTS) is 1. The highest BCUT2D eigenvalue weighted by Gasteiger charge is 2.17. The van der Waals surface area contributed by atoms with Crippen molar-refractivity contribution in [3.63, 3.8) is 0 Å². The van der Waals surface area contributed by atoms with Gasteiger partial charge in [-0.1, -0.05) is 18.2 Å². The van der Waals surface area contributed by atoms with E-state index in [1.807, 2.05) is 0 Å². The molecule has 0 aliphatic carbocycles. The summed E-state index contributed by atoms with van der Waals surface area (Å²) >= 11 is 0. The molecule has 6 nitrogen and oxygen atoms in total. The molecule has 0 bridgehead atoms. The first-order chi connectivity index (χ1) is 10.1. The highest BCUT2D eigenvalue weighted by atomic mass is 16.5. The molecule has 0 aliphatic heterocycles. The molecule has 1 aromatic carbocycles. The first-order valence-electron chi connectivity index (χ1n) is 6.23. The molecule has 0 atom stereocenters. The van der Waals surface area contributed by atoms with Gasteiger partial charge < -0.3 is 9.84 Å². The van der Waals surface area contributed by atoms with Crippen LogP contribution >= 0.6 is 0 Å². The molecule has 0 saturated carbocycles. The third kappa shape index (κ3) is 2.51. The molecule has 2 aromatic heterocycles. The summed E-state index contributed by atoms with van der Waals surface area (Å²) in [6.45, 7) is 1.73. The van der Waals surface area contributed by atoms with Crippen molar-refractivity contribution < 1.29 is 14.6 Å². The lowest BCUT2D eigenvalue weighted by atomic mass is 10.1. The molecule has 0 spiro atoms. The maximum Gasteiger partial charge on any atom is 0.340 e. The van der Waals surface area contributed by atoms with Gasteiger partial charge in [0.2, 0.25) is 5.88 Å². The van der Waals surface area contributed by atoms with Gasteiger partial charge in [-0.05, 0) is 13.0 Å². The molecule has 0 saturated heterocycles. The Morgan fingerprint density at radius 3 is 2.76 bits per heavy atom. The molecule has 0 radical (unpaired) electrons. The van der Waals surface area contributed by atoms with Crippen LogP contribution in [-0.2, 0) is 0 Å². The number of aryl methyl sites for hydroxylation is 1. The number of hydrogen-bond donors (Lipinski definition) is 1. The monoisotopic (exact) mass is 281 g/mol. The minimum atomic E-state index is -1.07. The van der Waals surface area contributed by atoms with E-state index in [-0.39, 0.29) is 17.2 Å². The average Bonchev–Trinajstić information content (AvgIpc) is 2.46. The van der Waals surface area contributed by atoms with E-state index in [4.69, 9.17) is 4.74 Å². The molecule has 2 heterocycles. The van der Waals surface area contributed by atoms with Crippen LogP contribution in [0.2, 0.25) is 0 Å². The van der Waals surface area contributed by atoms with Crippen molar-refractivity contribution in [2.75, 3.05) is 0 Å². The fraction of sp³-hybridized carbons (Fsp3) is 0.0667. The number of pyridine rings is 1. The van der Waals surface area contributed by atoms with Gasteiger partial charge in [-0.3, -0.25) is 4.98 Å². The summed E-state index contributed by atoms with van der Waals surface area (Å²) in [5.74, 6) is -0.103. The third-order valence-electron chi connectivity index (χ3n) is 2.92. The largest absolute Gasteiger partial charge is 0.478 e. The Morgan fingerprint density at radius 1 is 1.19 bits per heavy atom. The Balaban J connectivity index is 2.14. The molecule has 0 aliphatic rings. The van der Waals surface area contributed by atoms with Gasteiger partial charge in [-0.15, -0.1) is 0 Å². The number of hydrogen-bond acceptors (Lipinski definition) is 5. The molecular weight excluding hydrogens is 270 g/mol. The molecular formula is C15H11N3O3. The van der Waals surface area contributed by atoms with Gasteiger partial charge in [0.05, 0.1) is 11.7 Å². The lowest BCUT2D eigenvalue weighted by Gasteiger charge is -2.10. The molecule has 3 rings (SSSR count). The Bertz CT molecular complexity index is 833. The zero-order chi connectivity index (χ0) is 14.8. The summed E-state index contributed by atoms with van der Waals surface area (Å²) < 4.78 is 5.57. The zero-order valence-corrected chi connectivity index (χ0v) is 11.1. The molecule has 104 valence electrons. The fourth-order valence-electron chi connectivity index (χ4n) is 2.03. The number of aromatic nitrogens is 3. The molecule has 0 fully saturated rings. The predicted molar refractivity (Wildman–Crippen MR) is 75.5 cm³/mol. The third-order valence-corrected chi connectivity index (χ3v) is 2.92. The van der Waals surface area contributed by atoms with E-state index in [0.29, 0.717) is 16.7 Å². The molecule has 0 unspecified atom stereocenters. The van der Waals surface area contributed by atoms with Crippen molar-refractivity contribution >= 4 is 16.9 Å². The second-order valence-corrected chi connectivity index (χ2v) is 4.36. The molecule has 0 amide bonds. The van der Waals surface area contributed by atoms with Crippen molar-refractivity contribution in [3.05, 3.63) is 54.1 Å². The summed E-state index contributed by atoms with van der Waals surface area (Å²) in [4.78, 5) is 23.8. The summed E-state index contributed by atoms with van der Waals surface area (Å²) in [6.07, 6.45) is 2.94. The number of rotatable bonds is 3. The van der Waals surface area contributed by atoms with Gasteiger partial charge in [0.1, 0.15) is 11.4 Å². The van der Waals surface area contributed by atoms with E-state index in [0.717, 1.165) is 0 Å². The number of carboxylic acids is 1. The SMILES string of the molecule is Cc1nccc(Oc2cnc3ccccc3c2C(=O)O)n1. The van der Waals surface area contributed by atoms with E-state index in [9.17, 15) is 9.90 Å². The van der Waals surface area contributed by atoms with Gasteiger partial charge in [-0.2, -0.15) is 4.98 Å². The first-order valence-corrected chi connectivity index (χ1v) is 6.23. The van der Waals surface area contributed by atoms with E-state index in [2.05, 4.69) is 15.0 Å². The van der Waals surface area contributed by atoms with E-state index >= 15 is 0 Å². The fourth-order valence-corrected chi connectivity index (χ4v) is 2.03. The number of carbonyl (C=O) groups is 1. The topological polar surface area (TPSA) is 85.2 Å². The second kappa shape index (κ2) is 5.16. The highest BCUT2D eigenvalue weighted by Crippen LogP contribution is 2.29. The van der Waals surface area contributed by atoms with Crippen LogP contribution in [-0.4, -0.2) is 26.0 Å². The Morgan fingerprint density at radius 2 is 2.00 bits per heavy atom. The van der Waals surface area contributed by atoms with Crippen LogP contribution in [0.3, 0.4) is 0 Å². The van der Waals surface area contributed by atoms with Crippen LogP contribution in [0.25, 0.3) is 10.9 Å². The Hall–Kier alpha value is -3.02. The van der Waals surface area contributed by atoms with Crippen LogP contribution in [0, 0.1) is 6.92 Å². The first kappa shape index (κ1) is 13.0. The number of aromatic carboxylic acids is 1. The van der Waals surface area contributed by atoms with E-state index in [1.165, 1.54) is 6.20 Å². The van der Waals surface area contributed by atoms with Crippen molar-refractivity contribution in [2.24, 2.45) is 0 Å². The highest BCUT2D eigenvalue weighted by molar-refractivity contribution is 6.04. The van der Waals surface area contributed by atoms with Crippen LogP contribution in [0.5, 0.6) is 11.6 Å². The number of benzene rings is 1. The average molecular weight is 281 g/mol. The predicted octanol–water partition coefficient (Wildman–Crippen LogP) is 2.82. The number of nitrogens with zero attached hydrogens (tertiary/aromatic N) is 3. The van der Waals surface area contributed by atoms with Gasteiger partial charge in [-0.25, -0.2) is 9.78 Å². The maximum absolute atomic E-state index is 11.6. The summed E-state index contributed by atoms with van der Waals surface area (Å²) in [7, 11) is 0. The molecule has 6 heteroatoms. The Kier molecular flexibility index (Phi) is 3.19. The van der Waals surface area contributed by atoms with Crippen molar-refractivity contribution in [1.29, 1.82) is 0 Å². The maximum atomic E-state index is 11.6. The molecule has 1 N–H and O–H groups in total. The molecule has 3 aromatic rings. The van der Waals surface area contributed by atoms with Crippen LogP contribution in [0.15, 0.2) is 42.7 Å². The number of fused-ring (bicyclic) bond motifs is 1. The number of ether oxygens (including phenoxy) is 1. The van der Waals surface area contributed by atoms with Gasteiger partial charge >= 0.3 is 5.97 Å². The van der Waals surface area contributed by atoms with Gasteiger partial charge in [0.15, 0.2) is 5.75 Å². The normalized spacial score (nSPS) is 10.5. The van der Waals surface area contributed by atoms with Crippen LogP contribution in [0.4, 0.5) is 0 Å². The van der Waals surface area contributed by atoms with Crippen LogP contribution in [0.1, 0.15) is 16.2 Å².